The molecule has 1 aromatic rings. The molecule has 6 heteroatoms. The Morgan fingerprint density at radius 1 is 1.24 bits per heavy atom. The lowest BCUT2D eigenvalue weighted by Crippen LogP contribution is -2.16. The summed E-state index contributed by atoms with van der Waals surface area (Å²) in [5.74, 6) is -0.943. The molecule has 0 aliphatic rings. The number of hydrogen-bond donors (Lipinski definition) is 1. The predicted molar refractivity (Wildman–Crippen MR) is 80.5 cm³/mol. The van der Waals surface area contributed by atoms with Crippen LogP contribution >= 0.6 is 0 Å². The van der Waals surface area contributed by atoms with Crippen molar-refractivity contribution in [3.8, 4) is 0 Å². The molecule has 0 fully saturated rings. The summed E-state index contributed by atoms with van der Waals surface area (Å²) in [5, 5.41) is 8.78. The van der Waals surface area contributed by atoms with E-state index in [1.165, 1.54) is 12.1 Å². The van der Waals surface area contributed by atoms with Gasteiger partial charge in [-0.1, -0.05) is 26.0 Å². The number of carbonyl (C=O) groups excluding carboxylic acids is 1. The quantitative estimate of drug-likeness (QED) is 0.744. The molecule has 5 nitrogen and oxygen atoms in total. The van der Waals surface area contributed by atoms with Gasteiger partial charge in [-0.15, -0.1) is 0 Å². The summed E-state index contributed by atoms with van der Waals surface area (Å²) in [6.07, 6.45) is 0.787. The molecule has 21 heavy (non-hydrogen) atoms. The third-order valence-corrected chi connectivity index (χ3v) is 3.98. The van der Waals surface area contributed by atoms with Crippen LogP contribution in [0.3, 0.4) is 0 Å². The van der Waals surface area contributed by atoms with Gasteiger partial charge in [-0.2, -0.15) is 0 Å². The van der Waals surface area contributed by atoms with E-state index in [-0.39, 0.29) is 17.1 Å². The van der Waals surface area contributed by atoms with Crippen LogP contribution in [-0.4, -0.2) is 33.6 Å². The number of carbonyl (C=O) groups is 2. The van der Waals surface area contributed by atoms with Crippen molar-refractivity contribution in [3.05, 3.63) is 35.4 Å². The van der Waals surface area contributed by atoms with E-state index in [1.54, 1.807) is 12.1 Å². The van der Waals surface area contributed by atoms with Crippen molar-refractivity contribution in [1.82, 2.24) is 0 Å². The van der Waals surface area contributed by atoms with Crippen molar-refractivity contribution in [1.29, 1.82) is 0 Å². The fourth-order valence-corrected chi connectivity index (χ4v) is 2.57. The van der Waals surface area contributed by atoms with Crippen LogP contribution in [0.4, 0.5) is 0 Å². The molecule has 1 unspecified atom stereocenters. The van der Waals surface area contributed by atoms with Gasteiger partial charge in [0.05, 0.1) is 12.2 Å². The Morgan fingerprint density at radius 2 is 1.86 bits per heavy atom. The van der Waals surface area contributed by atoms with E-state index >= 15 is 0 Å². The van der Waals surface area contributed by atoms with Gasteiger partial charge in [0.25, 0.3) is 0 Å². The number of carboxylic acids is 1. The Kier molecular flexibility index (Phi) is 7.08. The average Bonchev–Trinajstić information content (AvgIpc) is 2.38. The highest BCUT2D eigenvalue weighted by atomic mass is 32.2. The van der Waals surface area contributed by atoms with Crippen molar-refractivity contribution in [2.75, 3.05) is 12.4 Å². The number of carboxylic acid groups (broad SMARTS) is 1. The van der Waals surface area contributed by atoms with E-state index in [4.69, 9.17) is 9.84 Å². The lowest BCUT2D eigenvalue weighted by Gasteiger charge is -2.07. The largest absolute Gasteiger partial charge is 0.478 e. The molecule has 0 radical (unpaired) electrons. The van der Waals surface area contributed by atoms with Gasteiger partial charge in [-0.05, 0) is 30.0 Å². The highest BCUT2D eigenvalue weighted by molar-refractivity contribution is 7.84. The molecule has 1 N–H and O–H groups in total. The van der Waals surface area contributed by atoms with Crippen LogP contribution in [0.15, 0.2) is 24.3 Å². The van der Waals surface area contributed by atoms with Crippen LogP contribution < -0.4 is 0 Å². The Labute approximate surface area is 126 Å². The van der Waals surface area contributed by atoms with Gasteiger partial charge in [0.15, 0.2) is 0 Å². The minimum absolute atomic E-state index is 0.140. The van der Waals surface area contributed by atoms with Gasteiger partial charge in [0.1, 0.15) is 5.75 Å². The number of ether oxygens (including phenoxy) is 1. The summed E-state index contributed by atoms with van der Waals surface area (Å²) in [7, 11) is -1.35. The van der Waals surface area contributed by atoms with Crippen molar-refractivity contribution in [2.45, 2.75) is 26.0 Å². The van der Waals surface area contributed by atoms with Crippen LogP contribution in [0.1, 0.15) is 36.2 Å². The van der Waals surface area contributed by atoms with Gasteiger partial charge in [-0.25, -0.2) is 4.79 Å². The normalized spacial score (nSPS) is 12.1. The van der Waals surface area contributed by atoms with E-state index in [0.717, 1.165) is 12.0 Å². The van der Waals surface area contributed by atoms with Crippen LogP contribution in [0, 0.1) is 5.92 Å². The second-order valence-electron chi connectivity index (χ2n) is 5.13. The van der Waals surface area contributed by atoms with E-state index in [2.05, 4.69) is 0 Å². The van der Waals surface area contributed by atoms with E-state index in [0.29, 0.717) is 12.5 Å². The Bertz CT molecular complexity index is 507. The maximum atomic E-state index is 11.8. The zero-order valence-corrected chi connectivity index (χ0v) is 13.0. The Morgan fingerprint density at radius 3 is 2.38 bits per heavy atom. The van der Waals surface area contributed by atoms with Crippen molar-refractivity contribution < 1.29 is 23.6 Å². The molecule has 0 aliphatic heterocycles. The summed E-state index contributed by atoms with van der Waals surface area (Å²) >= 11 is 0. The summed E-state index contributed by atoms with van der Waals surface area (Å²) in [4.78, 5) is 22.2. The first kappa shape index (κ1) is 17.4. The zero-order valence-electron chi connectivity index (χ0n) is 12.2. The van der Waals surface area contributed by atoms with Gasteiger partial charge in [0.2, 0.25) is 0 Å². The molecule has 0 saturated heterocycles. The SMILES string of the molecule is CC(C)CCOC(=O)CS(=O)Cc1ccc(C(=O)O)cc1. The zero-order chi connectivity index (χ0) is 15.8. The number of rotatable bonds is 8. The molecule has 0 saturated carbocycles. The minimum atomic E-state index is -1.35. The van der Waals surface area contributed by atoms with E-state index in [9.17, 15) is 13.8 Å². The molecule has 0 heterocycles. The highest BCUT2D eigenvalue weighted by Gasteiger charge is 2.11. The van der Waals surface area contributed by atoms with E-state index in [1.807, 2.05) is 13.8 Å². The third kappa shape index (κ3) is 7.04. The molecule has 1 aromatic carbocycles. The lowest BCUT2D eigenvalue weighted by atomic mass is 10.1. The van der Waals surface area contributed by atoms with Gasteiger partial charge < -0.3 is 9.84 Å². The maximum Gasteiger partial charge on any atom is 0.335 e. The maximum absolute atomic E-state index is 11.8. The number of aromatic carboxylic acids is 1. The van der Waals surface area contributed by atoms with Crippen molar-refractivity contribution >= 4 is 22.7 Å². The first-order valence-electron chi connectivity index (χ1n) is 6.71. The Balaban J connectivity index is 2.39. The van der Waals surface area contributed by atoms with Crippen LogP contribution in [0.25, 0.3) is 0 Å². The average molecular weight is 312 g/mol. The summed E-state index contributed by atoms with van der Waals surface area (Å²) in [6, 6.07) is 6.11. The summed E-state index contributed by atoms with van der Waals surface area (Å²) in [5.41, 5.74) is 0.908. The summed E-state index contributed by atoms with van der Waals surface area (Å²) < 4.78 is 16.8. The molecule has 0 amide bonds. The van der Waals surface area contributed by atoms with Gasteiger partial charge >= 0.3 is 11.9 Å². The smallest absolute Gasteiger partial charge is 0.335 e. The predicted octanol–water partition coefficient (Wildman–Crippen LogP) is 2.22. The number of esters is 1. The molecular formula is C15H20O5S. The van der Waals surface area contributed by atoms with Gasteiger partial charge in [0, 0.05) is 16.6 Å². The second-order valence-corrected chi connectivity index (χ2v) is 6.59. The van der Waals surface area contributed by atoms with E-state index < -0.39 is 22.7 Å². The Hall–Kier alpha value is -1.69. The third-order valence-electron chi connectivity index (χ3n) is 2.77. The molecule has 0 bridgehead atoms. The highest BCUT2D eigenvalue weighted by Crippen LogP contribution is 2.08. The molecule has 1 atom stereocenters. The number of hydrogen-bond acceptors (Lipinski definition) is 4. The molecule has 116 valence electrons. The summed E-state index contributed by atoms with van der Waals surface area (Å²) in [6.45, 7) is 4.42. The second kappa shape index (κ2) is 8.56. The number of benzene rings is 1. The standard InChI is InChI=1S/C15H20O5S/c1-11(2)7-8-20-14(16)10-21(19)9-12-3-5-13(6-4-12)15(17)18/h3-6,11H,7-10H2,1-2H3,(H,17,18). The van der Waals surface area contributed by atoms with Crippen LogP contribution in [0.5, 0.6) is 0 Å². The first-order valence-corrected chi connectivity index (χ1v) is 8.20. The topological polar surface area (TPSA) is 80.7 Å². The monoisotopic (exact) mass is 312 g/mol. The molecular weight excluding hydrogens is 292 g/mol. The van der Waals surface area contributed by atoms with Crippen LogP contribution in [0.2, 0.25) is 0 Å². The van der Waals surface area contributed by atoms with Crippen LogP contribution in [-0.2, 0) is 26.1 Å². The first-order chi connectivity index (χ1) is 9.88. The molecule has 0 aliphatic carbocycles. The fourth-order valence-electron chi connectivity index (χ4n) is 1.56. The van der Waals surface area contributed by atoms with Gasteiger partial charge in [-0.3, -0.25) is 9.00 Å². The fraction of sp³-hybridized carbons (Fsp3) is 0.467. The minimum Gasteiger partial charge on any atom is -0.478 e. The molecule has 0 aromatic heterocycles. The van der Waals surface area contributed by atoms with Crippen molar-refractivity contribution in [2.24, 2.45) is 5.92 Å². The lowest BCUT2D eigenvalue weighted by molar-refractivity contribution is -0.140. The molecule has 1 rings (SSSR count). The van der Waals surface area contributed by atoms with Crippen molar-refractivity contribution in [3.63, 3.8) is 0 Å². The molecule has 0 spiro atoms.